The minimum absolute atomic E-state index is 0.0793. The number of hydrogen-bond acceptors (Lipinski definition) is 3. The maximum atomic E-state index is 11.5. The van der Waals surface area contributed by atoms with E-state index < -0.39 is 20.7 Å². The summed E-state index contributed by atoms with van der Waals surface area (Å²) in [5.41, 5.74) is 1.48. The third-order valence-corrected chi connectivity index (χ3v) is 5.18. The summed E-state index contributed by atoms with van der Waals surface area (Å²) in [6.07, 6.45) is -1.19. The normalized spacial score (nSPS) is 15.8. The van der Waals surface area contributed by atoms with Crippen LogP contribution in [0.2, 0.25) is 0 Å². The lowest BCUT2D eigenvalue weighted by Gasteiger charge is -2.17. The molecule has 1 rings (SSSR count). The van der Waals surface area contributed by atoms with E-state index in [1.165, 1.54) is 6.92 Å². The summed E-state index contributed by atoms with van der Waals surface area (Å²) in [6.45, 7) is 3.38. The Morgan fingerprint density at radius 2 is 2.06 bits per heavy atom. The Bertz CT molecular complexity index is 456. The van der Waals surface area contributed by atoms with Gasteiger partial charge in [0.1, 0.15) is 6.10 Å². The summed E-state index contributed by atoms with van der Waals surface area (Å²) in [7, 11) is -3.44. The summed E-state index contributed by atoms with van der Waals surface area (Å²) in [5.74, 6) is -0.0793. The topological polar surface area (TPSA) is 54.4 Å². The molecule has 0 saturated heterocycles. The van der Waals surface area contributed by atoms with Crippen LogP contribution in [0.25, 0.3) is 0 Å². The van der Waals surface area contributed by atoms with Crippen LogP contribution in [-0.4, -0.2) is 24.0 Å². The predicted molar refractivity (Wildman–Crippen MR) is 65.2 cm³/mol. The van der Waals surface area contributed by atoms with Crippen LogP contribution in [0.15, 0.2) is 24.3 Å². The van der Waals surface area contributed by atoms with Crippen LogP contribution in [-0.2, 0) is 9.84 Å². The fourth-order valence-electron chi connectivity index (χ4n) is 1.36. The number of aryl methyl sites for hydroxylation is 1. The van der Waals surface area contributed by atoms with E-state index in [9.17, 15) is 13.5 Å². The van der Waals surface area contributed by atoms with Gasteiger partial charge in [0, 0.05) is 5.75 Å². The highest BCUT2D eigenvalue weighted by Crippen LogP contribution is 2.26. The Kier molecular flexibility index (Phi) is 4.35. The molecule has 0 bridgehead atoms. The van der Waals surface area contributed by atoms with Crippen molar-refractivity contribution in [2.45, 2.75) is 24.7 Å². The Hall–Kier alpha value is -0.580. The monoisotopic (exact) mass is 262 g/mol. The quantitative estimate of drug-likeness (QED) is 0.845. The van der Waals surface area contributed by atoms with Gasteiger partial charge in [-0.25, -0.2) is 8.42 Å². The largest absolute Gasteiger partial charge is 0.386 e. The minimum atomic E-state index is -3.44. The molecular formula is C11H15ClO3S. The number of halogens is 1. The SMILES string of the molecule is CCS(=O)(=O)[C@@H](Cl)[C@H](O)c1cccc(C)c1. The number of rotatable bonds is 4. The maximum absolute atomic E-state index is 11.5. The van der Waals surface area contributed by atoms with Gasteiger partial charge in [0.2, 0.25) is 0 Å². The molecule has 2 atom stereocenters. The van der Waals surface area contributed by atoms with Crippen molar-refractivity contribution >= 4 is 21.4 Å². The van der Waals surface area contributed by atoms with E-state index in [-0.39, 0.29) is 5.75 Å². The molecule has 1 aromatic carbocycles. The molecule has 0 heterocycles. The highest BCUT2D eigenvalue weighted by atomic mass is 35.5. The van der Waals surface area contributed by atoms with Gasteiger partial charge in [-0.1, -0.05) is 36.8 Å². The summed E-state index contributed by atoms with van der Waals surface area (Å²) in [4.78, 5) is 0. The molecule has 0 aliphatic rings. The van der Waals surface area contributed by atoms with Gasteiger partial charge in [0.05, 0.1) is 0 Å². The first-order chi connectivity index (χ1) is 7.38. The zero-order valence-electron chi connectivity index (χ0n) is 9.22. The molecule has 1 aromatic rings. The molecule has 0 aliphatic carbocycles. The lowest BCUT2D eigenvalue weighted by atomic mass is 10.1. The lowest BCUT2D eigenvalue weighted by molar-refractivity contribution is 0.191. The van der Waals surface area contributed by atoms with Gasteiger partial charge in [-0.3, -0.25) is 0 Å². The third-order valence-electron chi connectivity index (χ3n) is 2.38. The van der Waals surface area contributed by atoms with E-state index in [0.29, 0.717) is 5.56 Å². The summed E-state index contributed by atoms with van der Waals surface area (Å²) in [5, 5.41) is 9.87. The molecule has 0 aliphatic heterocycles. The molecule has 16 heavy (non-hydrogen) atoms. The van der Waals surface area contributed by atoms with Crippen LogP contribution in [0.1, 0.15) is 24.2 Å². The van der Waals surface area contributed by atoms with E-state index in [2.05, 4.69) is 0 Å². The van der Waals surface area contributed by atoms with Crippen molar-refractivity contribution in [3.05, 3.63) is 35.4 Å². The van der Waals surface area contributed by atoms with E-state index in [0.717, 1.165) is 5.56 Å². The number of benzene rings is 1. The Morgan fingerprint density at radius 3 is 2.56 bits per heavy atom. The summed E-state index contributed by atoms with van der Waals surface area (Å²) >= 11 is 5.77. The highest BCUT2D eigenvalue weighted by molar-refractivity contribution is 7.93. The van der Waals surface area contributed by atoms with E-state index >= 15 is 0 Å². The number of alkyl halides is 1. The van der Waals surface area contributed by atoms with Gasteiger partial charge in [0.25, 0.3) is 0 Å². The second-order valence-corrected chi connectivity index (χ2v) is 6.80. The standard InChI is InChI=1S/C11H15ClO3S/c1-3-16(14,15)11(12)10(13)9-6-4-5-8(2)7-9/h4-7,10-11,13H,3H2,1-2H3/t10-,11-/m1/s1. The molecule has 0 spiro atoms. The Labute approximate surface area is 101 Å². The van der Waals surface area contributed by atoms with E-state index in [4.69, 9.17) is 11.6 Å². The Balaban J connectivity index is 2.99. The number of aliphatic hydroxyl groups excluding tert-OH is 1. The molecule has 90 valence electrons. The first-order valence-corrected chi connectivity index (χ1v) is 7.14. The Morgan fingerprint density at radius 1 is 1.44 bits per heavy atom. The van der Waals surface area contributed by atoms with Crippen LogP contribution in [0.5, 0.6) is 0 Å². The second-order valence-electron chi connectivity index (χ2n) is 3.66. The van der Waals surface area contributed by atoms with E-state index in [1.807, 2.05) is 13.0 Å². The number of sulfone groups is 1. The van der Waals surface area contributed by atoms with Crippen LogP contribution in [0, 0.1) is 6.92 Å². The second kappa shape index (κ2) is 5.17. The summed E-state index contributed by atoms with van der Waals surface area (Å²) < 4.78 is 21.7. The van der Waals surface area contributed by atoms with Crippen molar-refractivity contribution in [2.24, 2.45) is 0 Å². The number of hydrogen-bond donors (Lipinski definition) is 1. The first kappa shape index (κ1) is 13.5. The van der Waals surface area contributed by atoms with Gasteiger partial charge in [-0.05, 0) is 12.5 Å². The molecule has 0 fully saturated rings. The van der Waals surface area contributed by atoms with Crippen molar-refractivity contribution in [3.8, 4) is 0 Å². The van der Waals surface area contributed by atoms with Gasteiger partial charge in [0.15, 0.2) is 14.5 Å². The van der Waals surface area contributed by atoms with Crippen molar-refractivity contribution in [1.82, 2.24) is 0 Å². The van der Waals surface area contributed by atoms with E-state index in [1.54, 1.807) is 18.2 Å². The molecule has 0 unspecified atom stereocenters. The zero-order chi connectivity index (χ0) is 12.3. The fourth-order valence-corrected chi connectivity index (χ4v) is 2.75. The first-order valence-electron chi connectivity index (χ1n) is 4.98. The molecule has 0 amide bonds. The fraction of sp³-hybridized carbons (Fsp3) is 0.455. The minimum Gasteiger partial charge on any atom is -0.386 e. The average Bonchev–Trinajstić information content (AvgIpc) is 2.27. The molecule has 0 saturated carbocycles. The van der Waals surface area contributed by atoms with Crippen LogP contribution >= 0.6 is 11.6 Å². The zero-order valence-corrected chi connectivity index (χ0v) is 10.8. The van der Waals surface area contributed by atoms with Crippen molar-refractivity contribution in [1.29, 1.82) is 0 Å². The highest BCUT2D eigenvalue weighted by Gasteiger charge is 2.29. The molecule has 0 aromatic heterocycles. The summed E-state index contributed by atoms with van der Waals surface area (Å²) in [6, 6.07) is 7.02. The molecular weight excluding hydrogens is 248 g/mol. The third kappa shape index (κ3) is 2.97. The van der Waals surface area contributed by atoms with Gasteiger partial charge in [-0.15, -0.1) is 11.6 Å². The molecule has 3 nitrogen and oxygen atoms in total. The predicted octanol–water partition coefficient (Wildman–Crippen LogP) is 2.03. The van der Waals surface area contributed by atoms with Crippen molar-refractivity contribution in [2.75, 3.05) is 5.75 Å². The van der Waals surface area contributed by atoms with Crippen LogP contribution < -0.4 is 0 Å². The lowest BCUT2D eigenvalue weighted by Crippen LogP contribution is -2.24. The van der Waals surface area contributed by atoms with Crippen molar-refractivity contribution < 1.29 is 13.5 Å². The maximum Gasteiger partial charge on any atom is 0.169 e. The number of aliphatic hydroxyl groups is 1. The molecule has 5 heteroatoms. The molecule has 0 radical (unpaired) electrons. The molecule has 1 N–H and O–H groups in total. The van der Waals surface area contributed by atoms with Crippen LogP contribution in [0.3, 0.4) is 0 Å². The van der Waals surface area contributed by atoms with Gasteiger partial charge >= 0.3 is 0 Å². The van der Waals surface area contributed by atoms with Gasteiger partial charge in [-0.2, -0.15) is 0 Å². The smallest absolute Gasteiger partial charge is 0.169 e. The van der Waals surface area contributed by atoms with Gasteiger partial charge < -0.3 is 5.11 Å². The van der Waals surface area contributed by atoms with Crippen LogP contribution in [0.4, 0.5) is 0 Å². The average molecular weight is 263 g/mol. The van der Waals surface area contributed by atoms with Crippen molar-refractivity contribution in [3.63, 3.8) is 0 Å².